The average Bonchev–Trinajstić information content (AvgIpc) is 2.97. The van der Waals surface area contributed by atoms with E-state index in [1.165, 1.54) is 12.0 Å². The standard InChI is InChI=1S/C16H22N4OS/c1-12-5-2-3-7-14(12)20-15(9-17)18-19-16(20)22-11-13-6-4-8-21-10-13/h2-3,5,7,13H,4,6,8-11,17H2,1H3. The van der Waals surface area contributed by atoms with Gasteiger partial charge in [0.15, 0.2) is 11.0 Å². The van der Waals surface area contributed by atoms with Gasteiger partial charge in [0.25, 0.3) is 0 Å². The summed E-state index contributed by atoms with van der Waals surface area (Å²) in [4.78, 5) is 0. The van der Waals surface area contributed by atoms with Gasteiger partial charge in [0.1, 0.15) is 0 Å². The zero-order valence-electron chi connectivity index (χ0n) is 12.9. The third-order valence-corrected chi connectivity index (χ3v) is 5.10. The maximum absolute atomic E-state index is 5.84. The highest BCUT2D eigenvalue weighted by atomic mass is 32.2. The fraction of sp³-hybridized carbons (Fsp3) is 0.500. The lowest BCUT2D eigenvalue weighted by Gasteiger charge is -2.21. The summed E-state index contributed by atoms with van der Waals surface area (Å²) in [6.45, 7) is 4.24. The van der Waals surface area contributed by atoms with E-state index in [9.17, 15) is 0 Å². The Bertz CT molecular complexity index is 622. The van der Waals surface area contributed by atoms with Gasteiger partial charge in [-0.1, -0.05) is 30.0 Å². The van der Waals surface area contributed by atoms with Gasteiger partial charge in [0, 0.05) is 12.4 Å². The number of ether oxygens (including phenoxy) is 1. The van der Waals surface area contributed by atoms with E-state index in [1.54, 1.807) is 11.8 Å². The lowest BCUT2D eigenvalue weighted by molar-refractivity contribution is 0.0632. The molecule has 1 aromatic carbocycles. The van der Waals surface area contributed by atoms with Crippen molar-refractivity contribution in [1.29, 1.82) is 0 Å². The average molecular weight is 318 g/mol. The summed E-state index contributed by atoms with van der Waals surface area (Å²) >= 11 is 1.75. The van der Waals surface area contributed by atoms with Crippen molar-refractivity contribution in [1.82, 2.24) is 14.8 Å². The first-order chi connectivity index (χ1) is 10.8. The van der Waals surface area contributed by atoms with E-state index >= 15 is 0 Å². The monoisotopic (exact) mass is 318 g/mol. The van der Waals surface area contributed by atoms with Crippen LogP contribution in [0.2, 0.25) is 0 Å². The van der Waals surface area contributed by atoms with Crippen LogP contribution in [-0.4, -0.2) is 33.7 Å². The van der Waals surface area contributed by atoms with Crippen LogP contribution in [-0.2, 0) is 11.3 Å². The van der Waals surface area contributed by atoms with Crippen LogP contribution < -0.4 is 5.73 Å². The molecule has 2 aromatic rings. The van der Waals surface area contributed by atoms with Crippen LogP contribution in [0, 0.1) is 12.8 Å². The molecule has 118 valence electrons. The molecule has 0 amide bonds. The molecular formula is C16H22N4OS. The van der Waals surface area contributed by atoms with Crippen molar-refractivity contribution in [2.75, 3.05) is 19.0 Å². The normalized spacial score (nSPS) is 18.5. The molecule has 22 heavy (non-hydrogen) atoms. The lowest BCUT2D eigenvalue weighted by atomic mass is 10.1. The van der Waals surface area contributed by atoms with E-state index in [-0.39, 0.29) is 0 Å². The first-order valence-corrected chi connectivity index (χ1v) is 8.69. The van der Waals surface area contributed by atoms with Gasteiger partial charge in [0.05, 0.1) is 18.8 Å². The molecule has 2 N–H and O–H groups in total. The maximum atomic E-state index is 5.84. The summed E-state index contributed by atoms with van der Waals surface area (Å²) in [6.07, 6.45) is 2.39. The predicted octanol–water partition coefficient (Wildman–Crippen LogP) is 2.55. The molecule has 0 aliphatic carbocycles. The topological polar surface area (TPSA) is 66.0 Å². The van der Waals surface area contributed by atoms with E-state index in [0.717, 1.165) is 42.1 Å². The fourth-order valence-electron chi connectivity index (χ4n) is 2.71. The molecule has 5 nitrogen and oxygen atoms in total. The highest BCUT2D eigenvalue weighted by Gasteiger charge is 2.18. The number of hydrogen-bond acceptors (Lipinski definition) is 5. The molecule has 0 bridgehead atoms. The molecule has 1 aliphatic rings. The molecule has 1 saturated heterocycles. The highest BCUT2D eigenvalue weighted by Crippen LogP contribution is 2.27. The first kappa shape index (κ1) is 15.5. The van der Waals surface area contributed by atoms with Crippen LogP contribution in [0.25, 0.3) is 5.69 Å². The summed E-state index contributed by atoms with van der Waals surface area (Å²) in [7, 11) is 0. The van der Waals surface area contributed by atoms with Crippen molar-refractivity contribution in [2.45, 2.75) is 31.5 Å². The van der Waals surface area contributed by atoms with E-state index in [1.807, 2.05) is 12.1 Å². The number of hydrogen-bond donors (Lipinski definition) is 1. The number of nitrogens with two attached hydrogens (primary N) is 1. The van der Waals surface area contributed by atoms with Gasteiger partial charge in [-0.3, -0.25) is 4.57 Å². The number of thioether (sulfide) groups is 1. The summed E-state index contributed by atoms with van der Waals surface area (Å²) < 4.78 is 7.64. The molecule has 1 fully saturated rings. The van der Waals surface area contributed by atoms with Crippen molar-refractivity contribution in [3.63, 3.8) is 0 Å². The minimum atomic E-state index is 0.383. The third kappa shape index (κ3) is 3.34. The highest BCUT2D eigenvalue weighted by molar-refractivity contribution is 7.99. The maximum Gasteiger partial charge on any atom is 0.195 e. The van der Waals surface area contributed by atoms with Gasteiger partial charge in [-0.05, 0) is 37.3 Å². The summed E-state index contributed by atoms with van der Waals surface area (Å²) in [5.41, 5.74) is 8.14. The van der Waals surface area contributed by atoms with Crippen molar-refractivity contribution in [3.8, 4) is 5.69 Å². The Morgan fingerprint density at radius 1 is 1.36 bits per heavy atom. The SMILES string of the molecule is Cc1ccccc1-n1c(CN)nnc1SCC1CCCOC1. The lowest BCUT2D eigenvalue weighted by Crippen LogP contribution is -2.19. The molecule has 1 aromatic heterocycles. The Balaban J connectivity index is 1.82. The largest absolute Gasteiger partial charge is 0.381 e. The number of rotatable bonds is 5. The second-order valence-electron chi connectivity index (χ2n) is 5.62. The summed E-state index contributed by atoms with van der Waals surface area (Å²) in [6, 6.07) is 8.26. The van der Waals surface area contributed by atoms with Crippen molar-refractivity contribution < 1.29 is 4.74 Å². The van der Waals surface area contributed by atoms with E-state index in [2.05, 4.69) is 33.8 Å². The van der Waals surface area contributed by atoms with Gasteiger partial charge in [-0.15, -0.1) is 10.2 Å². The molecule has 0 spiro atoms. The van der Waals surface area contributed by atoms with Crippen LogP contribution in [0.5, 0.6) is 0 Å². The van der Waals surface area contributed by atoms with Crippen LogP contribution in [0.4, 0.5) is 0 Å². The number of nitrogens with zero attached hydrogens (tertiary/aromatic N) is 3. The molecule has 0 saturated carbocycles. The molecular weight excluding hydrogens is 296 g/mol. The number of aromatic nitrogens is 3. The smallest absolute Gasteiger partial charge is 0.195 e. The van der Waals surface area contributed by atoms with Crippen molar-refractivity contribution >= 4 is 11.8 Å². The number of para-hydroxylation sites is 1. The Morgan fingerprint density at radius 3 is 2.95 bits per heavy atom. The molecule has 0 radical (unpaired) electrons. The molecule has 3 rings (SSSR count). The number of benzene rings is 1. The van der Waals surface area contributed by atoms with Gasteiger partial charge in [-0.25, -0.2) is 0 Å². The van der Waals surface area contributed by atoms with Crippen LogP contribution in [0.15, 0.2) is 29.4 Å². The molecule has 1 atom stereocenters. The Labute approximate surface area is 135 Å². The minimum Gasteiger partial charge on any atom is -0.381 e. The van der Waals surface area contributed by atoms with Crippen molar-refractivity contribution in [2.24, 2.45) is 11.7 Å². The zero-order chi connectivity index (χ0) is 15.4. The van der Waals surface area contributed by atoms with Gasteiger partial charge in [0.2, 0.25) is 0 Å². The Kier molecular flexibility index (Phi) is 5.12. The molecule has 6 heteroatoms. The van der Waals surface area contributed by atoms with E-state index in [4.69, 9.17) is 10.5 Å². The molecule has 2 heterocycles. The van der Waals surface area contributed by atoms with Crippen LogP contribution in [0.3, 0.4) is 0 Å². The Hall–Kier alpha value is -1.37. The van der Waals surface area contributed by atoms with Crippen molar-refractivity contribution in [3.05, 3.63) is 35.7 Å². The Morgan fingerprint density at radius 2 is 2.23 bits per heavy atom. The summed E-state index contributed by atoms with van der Waals surface area (Å²) in [5, 5.41) is 9.51. The van der Waals surface area contributed by atoms with Crippen LogP contribution >= 0.6 is 11.8 Å². The summed E-state index contributed by atoms with van der Waals surface area (Å²) in [5.74, 6) is 2.41. The minimum absolute atomic E-state index is 0.383. The quantitative estimate of drug-likeness (QED) is 0.858. The van der Waals surface area contributed by atoms with E-state index < -0.39 is 0 Å². The molecule has 1 unspecified atom stereocenters. The van der Waals surface area contributed by atoms with Crippen LogP contribution in [0.1, 0.15) is 24.2 Å². The predicted molar refractivity (Wildman–Crippen MR) is 88.3 cm³/mol. The fourth-order valence-corrected chi connectivity index (χ4v) is 3.79. The van der Waals surface area contributed by atoms with Gasteiger partial charge < -0.3 is 10.5 Å². The second-order valence-corrected chi connectivity index (χ2v) is 6.61. The van der Waals surface area contributed by atoms with Gasteiger partial charge >= 0.3 is 0 Å². The number of aryl methyl sites for hydroxylation is 1. The van der Waals surface area contributed by atoms with Gasteiger partial charge in [-0.2, -0.15) is 0 Å². The third-order valence-electron chi connectivity index (χ3n) is 3.94. The zero-order valence-corrected chi connectivity index (χ0v) is 13.7. The first-order valence-electron chi connectivity index (χ1n) is 7.70. The molecule has 1 aliphatic heterocycles. The second kappa shape index (κ2) is 7.26. The van der Waals surface area contributed by atoms with E-state index in [0.29, 0.717) is 12.5 Å².